The van der Waals surface area contributed by atoms with E-state index in [-0.39, 0.29) is 24.0 Å². The van der Waals surface area contributed by atoms with Crippen molar-refractivity contribution in [1.29, 1.82) is 0 Å². The maximum atomic E-state index is 12.3. The molecule has 0 unspecified atom stereocenters. The van der Waals surface area contributed by atoms with Gasteiger partial charge < -0.3 is 20.7 Å². The lowest BCUT2D eigenvalue weighted by atomic mass is 9.93. The van der Waals surface area contributed by atoms with Crippen LogP contribution in [-0.2, 0) is 11.3 Å². The van der Waals surface area contributed by atoms with Crippen molar-refractivity contribution >= 4 is 41.7 Å². The zero-order chi connectivity index (χ0) is 22.2. The van der Waals surface area contributed by atoms with Crippen LogP contribution in [0, 0.1) is 0 Å². The molecule has 0 atom stereocenters. The molecule has 3 N–H and O–H groups in total. The second-order valence-electron chi connectivity index (χ2n) is 8.21. The van der Waals surface area contributed by atoms with Gasteiger partial charge in [-0.05, 0) is 52.7 Å². The van der Waals surface area contributed by atoms with Crippen molar-refractivity contribution in [3.63, 3.8) is 0 Å². The summed E-state index contributed by atoms with van der Waals surface area (Å²) in [5, 5.41) is 18.0. The smallest absolute Gasteiger partial charge is 0.408 e. The molecular weight excluding hydrogens is 509 g/mol. The zero-order valence-electron chi connectivity index (χ0n) is 19.4. The van der Waals surface area contributed by atoms with Gasteiger partial charge in [-0.2, -0.15) is 0 Å². The lowest BCUT2D eigenvalue weighted by molar-refractivity contribution is 0.0448. The first-order chi connectivity index (χ1) is 14.2. The molecule has 0 aliphatic heterocycles. The summed E-state index contributed by atoms with van der Waals surface area (Å²) in [4.78, 5) is 17.0. The van der Waals surface area contributed by atoms with E-state index < -0.39 is 17.2 Å². The van der Waals surface area contributed by atoms with Gasteiger partial charge >= 0.3 is 6.09 Å². The summed E-state index contributed by atoms with van der Waals surface area (Å²) in [5.74, 6) is 1.41. The number of carbonyl (C=O) groups excluding carboxylic acids is 1. The first-order valence-corrected chi connectivity index (χ1v) is 10.5. The summed E-state index contributed by atoms with van der Waals surface area (Å²) in [6.07, 6.45) is 3.02. The molecular formula is C21H36IN7O2. The number of nitrogens with zero attached hydrogens (tertiary/aromatic N) is 4. The molecule has 31 heavy (non-hydrogen) atoms. The van der Waals surface area contributed by atoms with E-state index in [9.17, 15) is 4.79 Å². The lowest BCUT2D eigenvalue weighted by Gasteiger charge is -2.34. The minimum absolute atomic E-state index is 0. The van der Waals surface area contributed by atoms with Gasteiger partial charge in [-0.1, -0.05) is 19.9 Å². The number of carbonyl (C=O) groups is 1. The molecule has 9 nitrogen and oxygen atoms in total. The fourth-order valence-electron chi connectivity index (χ4n) is 2.98. The average Bonchev–Trinajstić information content (AvgIpc) is 3.11. The molecule has 0 aromatic carbocycles. The van der Waals surface area contributed by atoms with Crippen molar-refractivity contribution in [2.75, 3.05) is 13.1 Å². The van der Waals surface area contributed by atoms with E-state index >= 15 is 0 Å². The first-order valence-electron chi connectivity index (χ1n) is 10.5. The van der Waals surface area contributed by atoms with E-state index in [0.29, 0.717) is 19.0 Å². The Labute approximate surface area is 201 Å². The normalized spacial score (nSPS) is 12.3. The summed E-state index contributed by atoms with van der Waals surface area (Å²) in [7, 11) is 0. The van der Waals surface area contributed by atoms with E-state index in [1.807, 2.05) is 56.5 Å². The number of fused-ring (bicyclic) bond motifs is 1. The summed E-state index contributed by atoms with van der Waals surface area (Å²) in [5.41, 5.74) is -0.194. The molecule has 0 aliphatic rings. The third-order valence-corrected chi connectivity index (χ3v) is 4.82. The summed E-state index contributed by atoms with van der Waals surface area (Å²) in [6, 6.07) is 5.77. The van der Waals surface area contributed by atoms with Gasteiger partial charge in [-0.3, -0.25) is 4.40 Å². The van der Waals surface area contributed by atoms with Crippen LogP contribution in [0.5, 0.6) is 0 Å². The standard InChI is InChI=1S/C21H35N7O2.HI/c1-7-21(8-2,25-19(29)30-20(4,5)6)15-24-18(22-9-3)23-14-17-27-26-16-12-10-11-13-28(16)17;/h10-13H,7-9,14-15H2,1-6H3,(H,25,29)(H2,22,23,24);1H. The van der Waals surface area contributed by atoms with Crippen LogP contribution in [0.3, 0.4) is 0 Å². The van der Waals surface area contributed by atoms with Crippen LogP contribution in [0.4, 0.5) is 4.79 Å². The number of guanidine groups is 1. The Morgan fingerprint density at radius 1 is 1.13 bits per heavy atom. The van der Waals surface area contributed by atoms with E-state index in [2.05, 4.69) is 45.0 Å². The van der Waals surface area contributed by atoms with Crippen molar-refractivity contribution in [3.05, 3.63) is 30.2 Å². The Hall–Kier alpha value is -2.11. The van der Waals surface area contributed by atoms with Gasteiger partial charge in [0.1, 0.15) is 12.1 Å². The van der Waals surface area contributed by atoms with Crippen molar-refractivity contribution in [2.45, 2.75) is 72.1 Å². The number of halogens is 1. The molecule has 2 rings (SSSR count). The molecule has 174 valence electrons. The number of nitrogens with one attached hydrogen (secondary N) is 3. The molecule has 0 saturated carbocycles. The van der Waals surface area contributed by atoms with Crippen LogP contribution in [-0.4, -0.2) is 50.9 Å². The fraction of sp³-hybridized carbons (Fsp3) is 0.619. The minimum Gasteiger partial charge on any atom is -0.444 e. The van der Waals surface area contributed by atoms with E-state index in [4.69, 9.17) is 4.74 Å². The van der Waals surface area contributed by atoms with Gasteiger partial charge in [0.25, 0.3) is 0 Å². The van der Waals surface area contributed by atoms with Crippen molar-refractivity contribution in [1.82, 2.24) is 30.5 Å². The van der Waals surface area contributed by atoms with Crippen LogP contribution in [0.15, 0.2) is 29.4 Å². The molecule has 0 spiro atoms. The number of pyridine rings is 1. The summed E-state index contributed by atoms with van der Waals surface area (Å²) >= 11 is 0. The number of alkyl carbamates (subject to hydrolysis) is 1. The third-order valence-electron chi connectivity index (χ3n) is 4.82. The predicted octanol–water partition coefficient (Wildman–Crippen LogP) is 3.49. The number of amides is 1. The lowest BCUT2D eigenvalue weighted by Crippen LogP contribution is -2.57. The first kappa shape index (κ1) is 26.9. The van der Waals surface area contributed by atoms with Gasteiger partial charge in [0, 0.05) is 19.3 Å². The third kappa shape index (κ3) is 8.15. The average molecular weight is 545 g/mol. The zero-order valence-corrected chi connectivity index (χ0v) is 21.7. The summed E-state index contributed by atoms with van der Waals surface area (Å²) in [6.45, 7) is 13.3. The number of aliphatic imine (C=N–C) groups is 1. The van der Waals surface area contributed by atoms with Crippen LogP contribution < -0.4 is 16.0 Å². The quantitative estimate of drug-likeness (QED) is 0.267. The number of rotatable bonds is 8. The molecule has 2 heterocycles. The monoisotopic (exact) mass is 545 g/mol. The van der Waals surface area contributed by atoms with Crippen molar-refractivity contribution in [2.24, 2.45) is 4.99 Å². The maximum Gasteiger partial charge on any atom is 0.408 e. The van der Waals surface area contributed by atoms with E-state index in [0.717, 1.165) is 30.9 Å². The maximum absolute atomic E-state index is 12.3. The highest BCUT2D eigenvalue weighted by molar-refractivity contribution is 14.0. The van der Waals surface area contributed by atoms with Crippen molar-refractivity contribution in [3.8, 4) is 0 Å². The Balaban J connectivity index is 0.00000480. The topological polar surface area (TPSA) is 105 Å². The number of hydrogen-bond acceptors (Lipinski definition) is 5. The van der Waals surface area contributed by atoms with Crippen molar-refractivity contribution < 1.29 is 9.53 Å². The Kier molecular flexibility index (Phi) is 10.5. The molecule has 0 aliphatic carbocycles. The highest BCUT2D eigenvalue weighted by atomic mass is 127. The van der Waals surface area contributed by atoms with Crippen LogP contribution in [0.1, 0.15) is 60.2 Å². The largest absolute Gasteiger partial charge is 0.444 e. The minimum atomic E-state index is -0.540. The van der Waals surface area contributed by atoms with Gasteiger partial charge in [0.2, 0.25) is 0 Å². The highest BCUT2D eigenvalue weighted by Gasteiger charge is 2.30. The molecule has 1 amide bonds. The molecule has 10 heteroatoms. The molecule has 0 radical (unpaired) electrons. The highest BCUT2D eigenvalue weighted by Crippen LogP contribution is 2.16. The molecule has 0 bridgehead atoms. The molecule has 2 aromatic rings. The van der Waals surface area contributed by atoms with Gasteiger partial charge in [0.15, 0.2) is 17.4 Å². The van der Waals surface area contributed by atoms with Gasteiger partial charge in [0.05, 0.1) is 5.54 Å². The van der Waals surface area contributed by atoms with Gasteiger partial charge in [-0.15, -0.1) is 34.2 Å². The fourth-order valence-corrected chi connectivity index (χ4v) is 2.98. The van der Waals surface area contributed by atoms with Crippen LogP contribution in [0.2, 0.25) is 0 Å². The molecule has 0 fully saturated rings. The number of hydrogen-bond donors (Lipinski definition) is 3. The SMILES string of the molecule is CCNC(=NCc1nnc2ccccn12)NCC(CC)(CC)NC(=O)OC(C)(C)C.I. The number of ether oxygens (including phenoxy) is 1. The predicted molar refractivity (Wildman–Crippen MR) is 134 cm³/mol. The number of aromatic nitrogens is 3. The van der Waals surface area contributed by atoms with Crippen LogP contribution in [0.25, 0.3) is 5.65 Å². The van der Waals surface area contributed by atoms with Crippen LogP contribution >= 0.6 is 24.0 Å². The van der Waals surface area contributed by atoms with E-state index in [1.165, 1.54) is 0 Å². The second-order valence-corrected chi connectivity index (χ2v) is 8.21. The molecule has 2 aromatic heterocycles. The Morgan fingerprint density at radius 2 is 1.84 bits per heavy atom. The van der Waals surface area contributed by atoms with Gasteiger partial charge in [-0.25, -0.2) is 9.79 Å². The summed E-state index contributed by atoms with van der Waals surface area (Å²) < 4.78 is 7.36. The Morgan fingerprint density at radius 3 is 2.45 bits per heavy atom. The molecule has 0 saturated heterocycles. The second kappa shape index (κ2) is 12.1. The Bertz CT molecular complexity index is 857. The van der Waals surface area contributed by atoms with E-state index in [1.54, 1.807) is 0 Å².